The van der Waals surface area contributed by atoms with Crippen LogP contribution < -0.4 is 15.4 Å². The van der Waals surface area contributed by atoms with Crippen molar-refractivity contribution in [3.63, 3.8) is 0 Å². The van der Waals surface area contributed by atoms with Crippen LogP contribution in [0.5, 0.6) is 5.75 Å². The Hall–Kier alpha value is -1.55. The van der Waals surface area contributed by atoms with E-state index < -0.39 is 0 Å². The van der Waals surface area contributed by atoms with Crippen LogP contribution in [0.2, 0.25) is 0 Å². The van der Waals surface area contributed by atoms with E-state index in [2.05, 4.69) is 32.5 Å². The Labute approximate surface area is 133 Å². The zero-order valence-electron chi connectivity index (χ0n) is 11.9. The second kappa shape index (κ2) is 10.2. The average Bonchev–Trinajstić information content (AvgIpc) is 2.49. The van der Waals surface area contributed by atoms with E-state index in [9.17, 15) is 4.79 Å². The van der Waals surface area contributed by atoms with E-state index in [1.54, 1.807) is 13.2 Å². The van der Waals surface area contributed by atoms with Crippen molar-refractivity contribution in [2.24, 2.45) is 0 Å². The first-order valence-electron chi connectivity index (χ1n) is 6.48. The van der Waals surface area contributed by atoms with Crippen molar-refractivity contribution in [3.05, 3.63) is 28.2 Å². The SMILES string of the molecule is C#CCNC(=O)COc1ccc(Br)c(CNCCOC)c1. The first-order valence-corrected chi connectivity index (χ1v) is 7.27. The van der Waals surface area contributed by atoms with Crippen molar-refractivity contribution in [1.29, 1.82) is 0 Å². The number of halogens is 1. The molecule has 1 aromatic rings. The Bertz CT molecular complexity index is 500. The topological polar surface area (TPSA) is 59.6 Å². The summed E-state index contributed by atoms with van der Waals surface area (Å²) in [6.45, 7) is 2.26. The normalized spacial score (nSPS) is 9.95. The number of terminal acetylenes is 1. The Morgan fingerprint density at radius 2 is 2.29 bits per heavy atom. The molecule has 1 amide bonds. The summed E-state index contributed by atoms with van der Waals surface area (Å²) in [5.41, 5.74) is 1.05. The van der Waals surface area contributed by atoms with Crippen molar-refractivity contribution in [3.8, 4) is 18.1 Å². The van der Waals surface area contributed by atoms with E-state index in [4.69, 9.17) is 15.9 Å². The van der Waals surface area contributed by atoms with Crippen LogP contribution in [0.1, 0.15) is 5.56 Å². The van der Waals surface area contributed by atoms with Crippen LogP contribution in [-0.2, 0) is 16.1 Å². The molecular weight excluding hydrogens is 336 g/mol. The number of rotatable bonds is 9. The Morgan fingerprint density at radius 1 is 1.48 bits per heavy atom. The summed E-state index contributed by atoms with van der Waals surface area (Å²) in [6.07, 6.45) is 5.06. The largest absolute Gasteiger partial charge is 0.484 e. The van der Waals surface area contributed by atoms with Crippen molar-refractivity contribution in [1.82, 2.24) is 10.6 Å². The molecule has 114 valence electrons. The van der Waals surface area contributed by atoms with E-state index >= 15 is 0 Å². The molecule has 5 nitrogen and oxygen atoms in total. The lowest BCUT2D eigenvalue weighted by molar-refractivity contribution is -0.122. The quantitative estimate of drug-likeness (QED) is 0.518. The summed E-state index contributed by atoms with van der Waals surface area (Å²) in [4.78, 5) is 11.4. The molecular formula is C15H19BrN2O3. The van der Waals surface area contributed by atoms with Crippen LogP contribution in [0.15, 0.2) is 22.7 Å². The van der Waals surface area contributed by atoms with Crippen molar-refractivity contribution in [2.75, 3.05) is 33.4 Å². The summed E-state index contributed by atoms with van der Waals surface area (Å²) in [5, 5.41) is 5.79. The van der Waals surface area contributed by atoms with Gasteiger partial charge in [-0.2, -0.15) is 0 Å². The standard InChI is InChI=1S/C15H19BrN2O3/c1-3-6-18-15(19)11-21-13-4-5-14(16)12(9-13)10-17-7-8-20-2/h1,4-5,9,17H,6-8,10-11H2,2H3,(H,18,19). The molecule has 0 fully saturated rings. The molecule has 0 bridgehead atoms. The number of hydrogen-bond acceptors (Lipinski definition) is 4. The summed E-state index contributed by atoms with van der Waals surface area (Å²) in [7, 11) is 1.66. The second-order valence-corrected chi connectivity index (χ2v) is 5.05. The molecule has 0 saturated heterocycles. The minimum Gasteiger partial charge on any atom is -0.484 e. The molecule has 0 unspecified atom stereocenters. The van der Waals surface area contributed by atoms with Gasteiger partial charge in [0.05, 0.1) is 13.2 Å². The van der Waals surface area contributed by atoms with Crippen LogP contribution in [0.3, 0.4) is 0 Å². The van der Waals surface area contributed by atoms with Crippen LogP contribution in [0.25, 0.3) is 0 Å². The zero-order chi connectivity index (χ0) is 15.5. The van der Waals surface area contributed by atoms with Gasteiger partial charge in [0, 0.05) is 24.7 Å². The summed E-state index contributed by atoms with van der Waals surface area (Å²) in [5.74, 6) is 2.73. The van der Waals surface area contributed by atoms with Crippen molar-refractivity contribution in [2.45, 2.75) is 6.54 Å². The molecule has 0 aromatic heterocycles. The molecule has 0 heterocycles. The molecule has 0 atom stereocenters. The van der Waals surface area contributed by atoms with Gasteiger partial charge in [0.1, 0.15) is 5.75 Å². The molecule has 0 radical (unpaired) electrons. The summed E-state index contributed by atoms with van der Waals surface area (Å²) >= 11 is 3.49. The van der Waals surface area contributed by atoms with Crippen LogP contribution in [0, 0.1) is 12.3 Å². The van der Waals surface area contributed by atoms with Gasteiger partial charge in [-0.3, -0.25) is 4.79 Å². The maximum atomic E-state index is 11.4. The van der Waals surface area contributed by atoms with Gasteiger partial charge >= 0.3 is 0 Å². The van der Waals surface area contributed by atoms with E-state index in [0.29, 0.717) is 18.9 Å². The van der Waals surface area contributed by atoms with Gasteiger partial charge in [-0.1, -0.05) is 21.9 Å². The van der Waals surface area contributed by atoms with Gasteiger partial charge in [-0.05, 0) is 23.8 Å². The highest BCUT2D eigenvalue weighted by atomic mass is 79.9. The van der Waals surface area contributed by atoms with Crippen LogP contribution >= 0.6 is 15.9 Å². The smallest absolute Gasteiger partial charge is 0.258 e. The molecule has 1 aromatic carbocycles. The number of ether oxygens (including phenoxy) is 2. The molecule has 1 rings (SSSR count). The lowest BCUT2D eigenvalue weighted by Crippen LogP contribution is -2.29. The Kier molecular flexibility index (Phi) is 8.51. The molecule has 0 aliphatic rings. The molecule has 0 saturated carbocycles. The van der Waals surface area contributed by atoms with Crippen LogP contribution in [-0.4, -0.2) is 39.3 Å². The number of hydrogen-bond donors (Lipinski definition) is 2. The van der Waals surface area contributed by atoms with Gasteiger partial charge in [0.2, 0.25) is 0 Å². The van der Waals surface area contributed by atoms with E-state index in [-0.39, 0.29) is 19.1 Å². The number of carbonyl (C=O) groups is 1. The number of benzene rings is 1. The lowest BCUT2D eigenvalue weighted by Gasteiger charge is -2.10. The third-order valence-corrected chi connectivity index (χ3v) is 3.35. The van der Waals surface area contributed by atoms with Gasteiger partial charge < -0.3 is 20.1 Å². The third kappa shape index (κ3) is 7.14. The molecule has 0 aliphatic carbocycles. The van der Waals surface area contributed by atoms with Crippen molar-refractivity contribution < 1.29 is 14.3 Å². The first kappa shape index (κ1) is 17.5. The molecule has 0 aliphatic heterocycles. The number of methoxy groups -OCH3 is 1. The molecule has 0 spiro atoms. The minimum absolute atomic E-state index is 0.0557. The Balaban J connectivity index is 2.48. The predicted molar refractivity (Wildman–Crippen MR) is 85.1 cm³/mol. The molecule has 2 N–H and O–H groups in total. The number of nitrogens with one attached hydrogen (secondary N) is 2. The van der Waals surface area contributed by atoms with E-state index in [1.807, 2.05) is 12.1 Å². The lowest BCUT2D eigenvalue weighted by atomic mass is 10.2. The second-order valence-electron chi connectivity index (χ2n) is 4.19. The minimum atomic E-state index is -0.240. The van der Waals surface area contributed by atoms with Crippen LogP contribution in [0.4, 0.5) is 0 Å². The average molecular weight is 355 g/mol. The number of carbonyl (C=O) groups excluding carboxylic acids is 1. The zero-order valence-corrected chi connectivity index (χ0v) is 13.5. The van der Waals surface area contributed by atoms with E-state index in [0.717, 1.165) is 16.6 Å². The van der Waals surface area contributed by atoms with Gasteiger partial charge in [-0.25, -0.2) is 0 Å². The van der Waals surface area contributed by atoms with Gasteiger partial charge in [0.15, 0.2) is 6.61 Å². The van der Waals surface area contributed by atoms with Gasteiger partial charge in [-0.15, -0.1) is 6.42 Å². The summed E-state index contributed by atoms with van der Waals surface area (Å²) < 4.78 is 11.4. The fourth-order valence-electron chi connectivity index (χ4n) is 1.52. The predicted octanol–water partition coefficient (Wildman–Crippen LogP) is 1.31. The molecule has 21 heavy (non-hydrogen) atoms. The van der Waals surface area contributed by atoms with Gasteiger partial charge in [0.25, 0.3) is 5.91 Å². The fourth-order valence-corrected chi connectivity index (χ4v) is 1.91. The maximum Gasteiger partial charge on any atom is 0.258 e. The highest BCUT2D eigenvalue weighted by Crippen LogP contribution is 2.22. The molecule has 6 heteroatoms. The Morgan fingerprint density at radius 3 is 3.00 bits per heavy atom. The first-order chi connectivity index (χ1) is 10.2. The fraction of sp³-hybridized carbons (Fsp3) is 0.400. The maximum absolute atomic E-state index is 11.4. The monoisotopic (exact) mass is 354 g/mol. The highest BCUT2D eigenvalue weighted by Gasteiger charge is 2.05. The van der Waals surface area contributed by atoms with Crippen molar-refractivity contribution >= 4 is 21.8 Å². The third-order valence-electron chi connectivity index (χ3n) is 2.57. The highest BCUT2D eigenvalue weighted by molar-refractivity contribution is 9.10. The van der Waals surface area contributed by atoms with E-state index in [1.165, 1.54) is 0 Å². The number of amides is 1. The summed E-state index contributed by atoms with van der Waals surface area (Å²) in [6, 6.07) is 5.58.